The first-order valence-corrected chi connectivity index (χ1v) is 6.32. The van der Waals surface area contributed by atoms with Crippen LogP contribution in [0.25, 0.3) is 0 Å². The van der Waals surface area contributed by atoms with E-state index in [4.69, 9.17) is 10.3 Å². The summed E-state index contributed by atoms with van der Waals surface area (Å²) < 4.78 is 5.28. The van der Waals surface area contributed by atoms with E-state index < -0.39 is 5.54 Å². The Hall–Kier alpha value is -1.68. The van der Waals surface area contributed by atoms with Crippen molar-refractivity contribution < 1.29 is 4.52 Å². The third-order valence-electron chi connectivity index (χ3n) is 3.62. The zero-order valence-corrected chi connectivity index (χ0v) is 10.7. The Morgan fingerprint density at radius 1 is 1.33 bits per heavy atom. The van der Waals surface area contributed by atoms with Gasteiger partial charge < -0.3 is 10.3 Å². The van der Waals surface area contributed by atoms with Gasteiger partial charge in [0.25, 0.3) is 0 Å². The first-order valence-electron chi connectivity index (χ1n) is 6.32. The van der Waals surface area contributed by atoms with Crippen molar-refractivity contribution in [3.8, 4) is 0 Å². The number of nitrogens with zero attached hydrogens (tertiary/aromatic N) is 2. The molecule has 1 aliphatic rings. The smallest absolute Gasteiger partial charge is 0.229 e. The molecule has 0 saturated carbocycles. The molecule has 2 N–H and O–H groups in total. The SMILES string of the molecule is CC(C)c1nc(C2(N)CCc3ccccc32)no1. The van der Waals surface area contributed by atoms with Crippen LogP contribution < -0.4 is 5.73 Å². The van der Waals surface area contributed by atoms with E-state index in [9.17, 15) is 0 Å². The third-order valence-corrected chi connectivity index (χ3v) is 3.62. The number of fused-ring (bicyclic) bond motifs is 1. The van der Waals surface area contributed by atoms with Gasteiger partial charge in [0.1, 0.15) is 5.54 Å². The minimum Gasteiger partial charge on any atom is -0.339 e. The van der Waals surface area contributed by atoms with Crippen LogP contribution in [0.1, 0.15) is 49.0 Å². The van der Waals surface area contributed by atoms with Crippen molar-refractivity contribution in [2.24, 2.45) is 5.73 Å². The van der Waals surface area contributed by atoms with E-state index in [1.54, 1.807) is 0 Å². The van der Waals surface area contributed by atoms with Crippen LogP contribution in [0.4, 0.5) is 0 Å². The molecule has 2 aromatic rings. The molecule has 0 spiro atoms. The van der Waals surface area contributed by atoms with Gasteiger partial charge in [-0.25, -0.2) is 0 Å². The number of hydrogen-bond acceptors (Lipinski definition) is 4. The molecule has 0 fully saturated rings. The number of hydrogen-bond donors (Lipinski definition) is 1. The molecule has 1 aromatic carbocycles. The van der Waals surface area contributed by atoms with Gasteiger partial charge in [0.15, 0.2) is 5.82 Å². The molecule has 1 aromatic heterocycles. The Bertz CT molecular complexity index is 576. The lowest BCUT2D eigenvalue weighted by Crippen LogP contribution is -2.36. The normalized spacial score (nSPS) is 22.4. The summed E-state index contributed by atoms with van der Waals surface area (Å²) in [4.78, 5) is 4.46. The molecule has 94 valence electrons. The van der Waals surface area contributed by atoms with Gasteiger partial charge in [0.05, 0.1) is 0 Å². The molecule has 0 aliphatic heterocycles. The van der Waals surface area contributed by atoms with Crippen LogP contribution in [-0.4, -0.2) is 10.1 Å². The fourth-order valence-corrected chi connectivity index (χ4v) is 2.52. The lowest BCUT2D eigenvalue weighted by atomic mass is 9.92. The Morgan fingerprint density at radius 2 is 2.11 bits per heavy atom. The van der Waals surface area contributed by atoms with E-state index >= 15 is 0 Å². The van der Waals surface area contributed by atoms with Crippen molar-refractivity contribution >= 4 is 0 Å². The molecule has 1 heterocycles. The van der Waals surface area contributed by atoms with E-state index in [2.05, 4.69) is 22.3 Å². The Balaban J connectivity index is 2.06. The largest absolute Gasteiger partial charge is 0.339 e. The van der Waals surface area contributed by atoms with Crippen molar-refractivity contribution in [1.82, 2.24) is 10.1 Å². The second-order valence-electron chi connectivity index (χ2n) is 5.24. The van der Waals surface area contributed by atoms with Gasteiger partial charge in [-0.3, -0.25) is 0 Å². The fraction of sp³-hybridized carbons (Fsp3) is 0.429. The predicted molar refractivity (Wildman–Crippen MR) is 68.1 cm³/mol. The molecule has 4 nitrogen and oxygen atoms in total. The van der Waals surface area contributed by atoms with Crippen LogP contribution in [0.3, 0.4) is 0 Å². The Morgan fingerprint density at radius 3 is 2.83 bits per heavy atom. The van der Waals surface area contributed by atoms with Gasteiger partial charge in [-0.15, -0.1) is 0 Å². The molecule has 0 bridgehead atoms. The van der Waals surface area contributed by atoms with Gasteiger partial charge in [0.2, 0.25) is 5.89 Å². The van der Waals surface area contributed by atoms with Crippen molar-refractivity contribution in [3.63, 3.8) is 0 Å². The molecular weight excluding hydrogens is 226 g/mol. The quantitative estimate of drug-likeness (QED) is 0.879. The fourth-order valence-electron chi connectivity index (χ4n) is 2.52. The van der Waals surface area contributed by atoms with Crippen LogP contribution >= 0.6 is 0 Å². The summed E-state index contributed by atoms with van der Waals surface area (Å²) >= 11 is 0. The van der Waals surface area contributed by atoms with E-state index in [1.807, 2.05) is 26.0 Å². The topological polar surface area (TPSA) is 64.9 Å². The molecule has 1 aliphatic carbocycles. The maximum Gasteiger partial charge on any atom is 0.229 e. The summed E-state index contributed by atoms with van der Waals surface area (Å²) in [6.45, 7) is 4.06. The lowest BCUT2D eigenvalue weighted by molar-refractivity contribution is 0.350. The lowest BCUT2D eigenvalue weighted by Gasteiger charge is -2.20. The molecular formula is C14H17N3O. The Kier molecular flexibility index (Phi) is 2.48. The highest BCUT2D eigenvalue weighted by molar-refractivity contribution is 5.42. The highest BCUT2D eigenvalue weighted by Crippen LogP contribution is 2.38. The van der Waals surface area contributed by atoms with Gasteiger partial charge in [-0.2, -0.15) is 4.98 Å². The molecule has 1 unspecified atom stereocenters. The number of benzene rings is 1. The summed E-state index contributed by atoms with van der Waals surface area (Å²) in [6, 6.07) is 8.23. The summed E-state index contributed by atoms with van der Waals surface area (Å²) in [5.41, 5.74) is 8.34. The second-order valence-corrected chi connectivity index (χ2v) is 5.24. The van der Waals surface area contributed by atoms with Crippen molar-refractivity contribution in [2.45, 2.75) is 38.1 Å². The summed E-state index contributed by atoms with van der Waals surface area (Å²) in [6.07, 6.45) is 1.81. The molecule has 0 amide bonds. The minimum absolute atomic E-state index is 0.228. The predicted octanol–water partition coefficient (Wildman–Crippen LogP) is 2.34. The van der Waals surface area contributed by atoms with Crippen molar-refractivity contribution in [3.05, 3.63) is 47.1 Å². The van der Waals surface area contributed by atoms with Crippen molar-refractivity contribution in [1.29, 1.82) is 0 Å². The standard InChI is InChI=1S/C14H17N3O/c1-9(2)12-16-13(17-18-12)14(15)8-7-10-5-3-4-6-11(10)14/h3-6,9H,7-8,15H2,1-2H3. The molecule has 18 heavy (non-hydrogen) atoms. The molecule has 3 rings (SSSR count). The van der Waals surface area contributed by atoms with Gasteiger partial charge in [-0.05, 0) is 24.0 Å². The highest BCUT2D eigenvalue weighted by atomic mass is 16.5. The summed E-state index contributed by atoms with van der Waals surface area (Å²) in [5.74, 6) is 1.49. The highest BCUT2D eigenvalue weighted by Gasteiger charge is 2.40. The van der Waals surface area contributed by atoms with Gasteiger partial charge >= 0.3 is 0 Å². The van der Waals surface area contributed by atoms with Crippen LogP contribution in [0.15, 0.2) is 28.8 Å². The van der Waals surface area contributed by atoms with Crippen LogP contribution in [-0.2, 0) is 12.0 Å². The molecule has 4 heteroatoms. The maximum atomic E-state index is 6.52. The van der Waals surface area contributed by atoms with E-state index in [1.165, 1.54) is 5.56 Å². The number of aromatic nitrogens is 2. The average Bonchev–Trinajstić information content (AvgIpc) is 2.96. The summed E-state index contributed by atoms with van der Waals surface area (Å²) in [7, 11) is 0. The minimum atomic E-state index is -0.590. The second kappa shape index (κ2) is 3.92. The first-order chi connectivity index (χ1) is 8.61. The van der Waals surface area contributed by atoms with E-state index in [0.29, 0.717) is 11.7 Å². The average molecular weight is 243 g/mol. The zero-order valence-electron chi connectivity index (χ0n) is 10.7. The molecule has 0 radical (unpaired) electrons. The molecule has 0 saturated heterocycles. The van der Waals surface area contributed by atoms with Crippen LogP contribution in [0.2, 0.25) is 0 Å². The van der Waals surface area contributed by atoms with Gasteiger partial charge in [-0.1, -0.05) is 43.3 Å². The summed E-state index contributed by atoms with van der Waals surface area (Å²) in [5, 5.41) is 4.08. The van der Waals surface area contributed by atoms with E-state index in [-0.39, 0.29) is 5.92 Å². The third kappa shape index (κ3) is 1.56. The Labute approximate surface area is 106 Å². The number of nitrogens with two attached hydrogens (primary N) is 1. The monoisotopic (exact) mass is 243 g/mol. The number of rotatable bonds is 2. The zero-order chi connectivity index (χ0) is 12.8. The number of aryl methyl sites for hydroxylation is 1. The van der Waals surface area contributed by atoms with Gasteiger partial charge in [0, 0.05) is 5.92 Å². The molecule has 1 atom stereocenters. The van der Waals surface area contributed by atoms with Crippen molar-refractivity contribution in [2.75, 3.05) is 0 Å². The first kappa shape index (κ1) is 11.4. The van der Waals surface area contributed by atoms with Crippen LogP contribution in [0.5, 0.6) is 0 Å². The maximum absolute atomic E-state index is 6.52. The van der Waals surface area contributed by atoms with E-state index in [0.717, 1.165) is 18.4 Å². The van der Waals surface area contributed by atoms with Crippen LogP contribution in [0, 0.1) is 0 Å².